The third-order valence-electron chi connectivity index (χ3n) is 6.10. The Labute approximate surface area is 186 Å². The van der Waals surface area contributed by atoms with E-state index in [0.29, 0.717) is 13.0 Å². The second-order valence-electron chi connectivity index (χ2n) is 8.27. The molecule has 2 aromatic carbocycles. The summed E-state index contributed by atoms with van der Waals surface area (Å²) in [6, 6.07) is 13.6. The van der Waals surface area contributed by atoms with Crippen molar-refractivity contribution < 1.29 is 4.79 Å². The van der Waals surface area contributed by atoms with Gasteiger partial charge in [0.2, 0.25) is 5.91 Å². The number of hydrogen-bond donors (Lipinski definition) is 1. The number of nitrogens with one attached hydrogen (secondary N) is 1. The zero-order valence-corrected chi connectivity index (χ0v) is 18.6. The molecule has 2 aromatic heterocycles. The lowest BCUT2D eigenvalue weighted by Crippen LogP contribution is -2.31. The van der Waals surface area contributed by atoms with Gasteiger partial charge in [-0.3, -0.25) is 19.2 Å². The van der Waals surface area contributed by atoms with Crippen LogP contribution in [0, 0.1) is 18.4 Å². The fourth-order valence-corrected chi connectivity index (χ4v) is 4.74. The van der Waals surface area contributed by atoms with Crippen LogP contribution < -0.4 is 11.0 Å². The fourth-order valence-electron chi connectivity index (χ4n) is 4.74. The zero-order valence-electron chi connectivity index (χ0n) is 18.6. The van der Waals surface area contributed by atoms with Crippen LogP contribution in [0.2, 0.25) is 0 Å². The standard InChI is InChI=1S/C25H27N5O2/c1-4-8-19(13-23(31)27-16-26)30-21-11-6-5-10-20(21)29(25(30)32)15-18-14-28(3)22-12-7-9-17(2)24(18)22/h5-7,9-12,14,19H,4,8,13,15H2,1-3H3,(H,27,31). The Kier molecular flexibility index (Phi) is 5.87. The maximum Gasteiger partial charge on any atom is 0.329 e. The van der Waals surface area contributed by atoms with Gasteiger partial charge in [0.15, 0.2) is 6.19 Å². The monoisotopic (exact) mass is 429 g/mol. The maximum atomic E-state index is 13.7. The topological polar surface area (TPSA) is 84.8 Å². The van der Waals surface area contributed by atoms with Crippen molar-refractivity contribution in [2.24, 2.45) is 7.05 Å². The van der Waals surface area contributed by atoms with Crippen molar-refractivity contribution in [3.63, 3.8) is 0 Å². The minimum absolute atomic E-state index is 0.0860. The predicted molar refractivity (Wildman–Crippen MR) is 125 cm³/mol. The number of aryl methyl sites for hydroxylation is 2. The molecule has 164 valence electrons. The molecule has 32 heavy (non-hydrogen) atoms. The molecule has 4 rings (SSSR count). The second kappa shape index (κ2) is 8.75. The van der Waals surface area contributed by atoms with E-state index < -0.39 is 0 Å². The molecule has 1 atom stereocenters. The van der Waals surface area contributed by atoms with Crippen molar-refractivity contribution in [1.82, 2.24) is 19.0 Å². The Morgan fingerprint density at radius 3 is 2.56 bits per heavy atom. The molecule has 1 unspecified atom stereocenters. The Hall–Kier alpha value is -3.79. The molecule has 2 heterocycles. The summed E-state index contributed by atoms with van der Waals surface area (Å²) in [4.78, 5) is 25.9. The van der Waals surface area contributed by atoms with Crippen molar-refractivity contribution in [3.05, 3.63) is 70.3 Å². The van der Waals surface area contributed by atoms with Gasteiger partial charge < -0.3 is 4.57 Å². The van der Waals surface area contributed by atoms with Crippen molar-refractivity contribution in [1.29, 1.82) is 5.26 Å². The van der Waals surface area contributed by atoms with Crippen LogP contribution >= 0.6 is 0 Å². The van der Waals surface area contributed by atoms with E-state index in [-0.39, 0.29) is 24.1 Å². The Balaban J connectivity index is 1.86. The highest BCUT2D eigenvalue weighted by Gasteiger charge is 2.23. The van der Waals surface area contributed by atoms with Crippen molar-refractivity contribution >= 4 is 27.8 Å². The van der Waals surface area contributed by atoms with Crippen LogP contribution in [-0.2, 0) is 18.4 Å². The quantitative estimate of drug-likeness (QED) is 0.356. The number of aromatic nitrogens is 3. The SMILES string of the molecule is CCCC(CC(=O)NC#N)n1c(=O)n(Cc2cn(C)c3cccc(C)c23)c2ccccc21. The molecular formula is C25H27N5O2. The summed E-state index contributed by atoms with van der Waals surface area (Å²) in [5.41, 5.74) is 4.89. The van der Waals surface area contributed by atoms with Gasteiger partial charge >= 0.3 is 5.69 Å². The van der Waals surface area contributed by atoms with Gasteiger partial charge in [0, 0.05) is 36.6 Å². The highest BCUT2D eigenvalue weighted by Crippen LogP contribution is 2.27. The number of benzene rings is 2. The fraction of sp³-hybridized carbons (Fsp3) is 0.320. The van der Waals surface area contributed by atoms with Gasteiger partial charge in [-0.2, -0.15) is 5.26 Å². The van der Waals surface area contributed by atoms with Gasteiger partial charge in [-0.05, 0) is 42.7 Å². The van der Waals surface area contributed by atoms with Crippen LogP contribution in [0.1, 0.15) is 43.4 Å². The minimum atomic E-state index is -0.376. The summed E-state index contributed by atoms with van der Waals surface area (Å²) in [5.74, 6) is -0.376. The van der Waals surface area contributed by atoms with Crippen LogP contribution in [0.3, 0.4) is 0 Å². The van der Waals surface area contributed by atoms with Crippen molar-refractivity contribution in [3.8, 4) is 6.19 Å². The summed E-state index contributed by atoms with van der Waals surface area (Å²) in [7, 11) is 2.02. The maximum absolute atomic E-state index is 13.7. The van der Waals surface area contributed by atoms with Crippen molar-refractivity contribution in [2.45, 2.75) is 45.7 Å². The van der Waals surface area contributed by atoms with Crippen LogP contribution in [-0.4, -0.2) is 19.6 Å². The zero-order chi connectivity index (χ0) is 22.8. The number of fused-ring (bicyclic) bond motifs is 2. The van der Waals surface area contributed by atoms with Gasteiger partial charge in [-0.1, -0.05) is 37.6 Å². The Bertz CT molecular complexity index is 1400. The van der Waals surface area contributed by atoms with E-state index in [2.05, 4.69) is 35.1 Å². The van der Waals surface area contributed by atoms with Gasteiger partial charge in [0.05, 0.1) is 17.6 Å². The molecule has 0 radical (unpaired) electrons. The Morgan fingerprint density at radius 2 is 1.84 bits per heavy atom. The van der Waals surface area contributed by atoms with Gasteiger partial charge in [0.1, 0.15) is 0 Å². The number of rotatable bonds is 7. The van der Waals surface area contributed by atoms with E-state index >= 15 is 0 Å². The lowest BCUT2D eigenvalue weighted by molar-refractivity contribution is -0.120. The van der Waals surface area contributed by atoms with E-state index in [9.17, 15) is 9.59 Å². The number of carbonyl (C=O) groups excluding carboxylic acids is 1. The first-order valence-electron chi connectivity index (χ1n) is 10.9. The normalized spacial score (nSPS) is 12.2. The predicted octanol–water partition coefficient (Wildman–Crippen LogP) is 3.98. The molecule has 1 amide bonds. The highest BCUT2D eigenvalue weighted by molar-refractivity contribution is 5.87. The second-order valence-corrected chi connectivity index (χ2v) is 8.27. The molecule has 0 aliphatic heterocycles. The van der Waals surface area contributed by atoms with E-state index in [1.165, 1.54) is 5.56 Å². The van der Waals surface area contributed by atoms with Crippen LogP contribution in [0.4, 0.5) is 0 Å². The number of amides is 1. The first kappa shape index (κ1) is 21.4. The van der Waals surface area contributed by atoms with Crippen molar-refractivity contribution in [2.75, 3.05) is 0 Å². The number of nitrogens with zero attached hydrogens (tertiary/aromatic N) is 4. The van der Waals surface area contributed by atoms with Crippen LogP contribution in [0.25, 0.3) is 21.9 Å². The number of imidazole rings is 1. The largest absolute Gasteiger partial charge is 0.350 e. The van der Waals surface area contributed by atoms with Gasteiger partial charge in [-0.15, -0.1) is 0 Å². The molecule has 0 aliphatic carbocycles. The highest BCUT2D eigenvalue weighted by atomic mass is 16.2. The van der Waals surface area contributed by atoms with Crippen LogP contribution in [0.5, 0.6) is 0 Å². The molecule has 0 fully saturated rings. The van der Waals surface area contributed by atoms with E-state index in [1.54, 1.807) is 15.3 Å². The van der Waals surface area contributed by atoms with Gasteiger partial charge in [-0.25, -0.2) is 4.79 Å². The third-order valence-corrected chi connectivity index (χ3v) is 6.10. The number of carbonyl (C=O) groups is 1. The summed E-state index contributed by atoms with van der Waals surface area (Å²) in [5, 5.41) is 12.2. The summed E-state index contributed by atoms with van der Waals surface area (Å²) >= 11 is 0. The molecule has 7 nitrogen and oxygen atoms in total. The number of nitriles is 1. The minimum Gasteiger partial charge on any atom is -0.350 e. The molecule has 0 aliphatic rings. The molecule has 4 aromatic rings. The first-order valence-corrected chi connectivity index (χ1v) is 10.9. The molecule has 0 saturated carbocycles. The average Bonchev–Trinajstić information content (AvgIpc) is 3.23. The lowest BCUT2D eigenvalue weighted by Gasteiger charge is -2.17. The van der Waals surface area contributed by atoms with Gasteiger partial charge in [0.25, 0.3) is 0 Å². The van der Waals surface area contributed by atoms with E-state index in [1.807, 2.05) is 44.3 Å². The number of hydrogen-bond acceptors (Lipinski definition) is 3. The number of para-hydroxylation sites is 2. The van der Waals surface area contributed by atoms with Crippen LogP contribution in [0.15, 0.2) is 53.5 Å². The molecule has 1 N–H and O–H groups in total. The molecule has 7 heteroatoms. The smallest absolute Gasteiger partial charge is 0.329 e. The first-order chi connectivity index (χ1) is 15.5. The molecule has 0 bridgehead atoms. The third kappa shape index (κ3) is 3.69. The summed E-state index contributed by atoms with van der Waals surface area (Å²) in [6.45, 7) is 4.55. The Morgan fingerprint density at radius 1 is 1.12 bits per heavy atom. The van der Waals surface area contributed by atoms with E-state index in [0.717, 1.165) is 33.9 Å². The van der Waals surface area contributed by atoms with E-state index in [4.69, 9.17) is 5.26 Å². The lowest BCUT2D eigenvalue weighted by atomic mass is 10.1. The average molecular weight is 430 g/mol. The summed E-state index contributed by atoms with van der Waals surface area (Å²) in [6.07, 6.45) is 5.34. The molecule has 0 spiro atoms. The molecular weight excluding hydrogens is 402 g/mol. The summed E-state index contributed by atoms with van der Waals surface area (Å²) < 4.78 is 5.61. The molecule has 0 saturated heterocycles.